The Morgan fingerprint density at radius 3 is 2.43 bits per heavy atom. The van der Waals surface area contributed by atoms with Crippen LogP contribution < -0.4 is 4.74 Å². The van der Waals surface area contributed by atoms with Gasteiger partial charge in [-0.05, 0) is 55.5 Å². The maximum atomic E-state index is 12.4. The van der Waals surface area contributed by atoms with Crippen molar-refractivity contribution in [1.82, 2.24) is 4.98 Å². The zero-order valence-corrected chi connectivity index (χ0v) is 16.9. The second-order valence-corrected chi connectivity index (χ2v) is 7.10. The Bertz CT molecular complexity index is 1110. The first kappa shape index (κ1) is 21.0. The van der Waals surface area contributed by atoms with Crippen LogP contribution in [0.25, 0.3) is 11.3 Å². The van der Waals surface area contributed by atoms with Crippen molar-refractivity contribution < 1.29 is 14.5 Å². The van der Waals surface area contributed by atoms with E-state index in [1.54, 1.807) is 12.1 Å². The van der Waals surface area contributed by atoms with Crippen LogP contribution in [-0.4, -0.2) is 28.1 Å². The minimum absolute atomic E-state index is 0.0617. The molecule has 0 aliphatic rings. The fourth-order valence-corrected chi connectivity index (χ4v) is 3.54. The molecular formula is C22H17N3O4S. The highest BCUT2D eigenvalue weighted by molar-refractivity contribution is 8.00. The van der Waals surface area contributed by atoms with Gasteiger partial charge in [-0.15, -0.1) is 0 Å². The van der Waals surface area contributed by atoms with Gasteiger partial charge in [0, 0.05) is 23.3 Å². The fraction of sp³-hybridized carbons (Fsp3) is 0.136. The lowest BCUT2D eigenvalue weighted by Gasteiger charge is -2.08. The molecule has 3 rings (SSSR count). The molecule has 0 atom stereocenters. The molecule has 0 fully saturated rings. The number of hydrogen-bond acceptors (Lipinski definition) is 7. The van der Waals surface area contributed by atoms with E-state index in [0.29, 0.717) is 28.5 Å². The number of benzene rings is 2. The lowest BCUT2D eigenvalue weighted by molar-refractivity contribution is -0.384. The van der Waals surface area contributed by atoms with Crippen LogP contribution in [0.2, 0.25) is 0 Å². The van der Waals surface area contributed by atoms with Crippen molar-refractivity contribution in [1.29, 1.82) is 5.26 Å². The van der Waals surface area contributed by atoms with Gasteiger partial charge in [0.25, 0.3) is 5.69 Å². The van der Waals surface area contributed by atoms with Gasteiger partial charge in [-0.3, -0.25) is 14.9 Å². The van der Waals surface area contributed by atoms with Gasteiger partial charge in [0.2, 0.25) is 0 Å². The second-order valence-electron chi connectivity index (χ2n) is 6.13. The maximum absolute atomic E-state index is 12.4. The summed E-state index contributed by atoms with van der Waals surface area (Å²) in [6.07, 6.45) is 0. The summed E-state index contributed by atoms with van der Waals surface area (Å²) in [5.74, 6) is 0.622. The smallest absolute Gasteiger partial charge is 0.269 e. The minimum Gasteiger partial charge on any atom is -0.494 e. The molecule has 0 saturated heterocycles. The summed E-state index contributed by atoms with van der Waals surface area (Å²) in [4.78, 5) is 27.2. The zero-order valence-electron chi connectivity index (χ0n) is 16.1. The number of nitro benzene ring substituents is 1. The quantitative estimate of drug-likeness (QED) is 0.221. The predicted molar refractivity (Wildman–Crippen MR) is 114 cm³/mol. The van der Waals surface area contributed by atoms with Gasteiger partial charge in [0.1, 0.15) is 16.8 Å². The van der Waals surface area contributed by atoms with Crippen LogP contribution in [0.1, 0.15) is 22.8 Å². The largest absolute Gasteiger partial charge is 0.494 e. The molecular weight excluding hydrogens is 402 g/mol. The predicted octanol–water partition coefficient (Wildman–Crippen LogP) is 4.90. The first-order valence-electron chi connectivity index (χ1n) is 9.06. The number of thioether (sulfide) groups is 1. The Hall–Kier alpha value is -3.70. The number of nitrogens with zero attached hydrogens (tertiary/aromatic N) is 3. The van der Waals surface area contributed by atoms with Gasteiger partial charge in [0.05, 0.1) is 28.5 Å². The summed E-state index contributed by atoms with van der Waals surface area (Å²) in [7, 11) is 0. The monoisotopic (exact) mass is 419 g/mol. The normalized spacial score (nSPS) is 10.3. The van der Waals surface area contributed by atoms with Gasteiger partial charge >= 0.3 is 0 Å². The summed E-state index contributed by atoms with van der Waals surface area (Å²) >= 11 is 1.16. The van der Waals surface area contributed by atoms with E-state index in [2.05, 4.69) is 11.1 Å². The van der Waals surface area contributed by atoms with Gasteiger partial charge in [0.15, 0.2) is 5.78 Å². The minimum atomic E-state index is -0.515. The number of ether oxygens (including phenoxy) is 1. The van der Waals surface area contributed by atoms with E-state index < -0.39 is 4.92 Å². The molecule has 0 aliphatic heterocycles. The molecule has 7 nitrogen and oxygen atoms in total. The lowest BCUT2D eigenvalue weighted by Crippen LogP contribution is -2.03. The summed E-state index contributed by atoms with van der Waals surface area (Å²) in [6, 6.07) is 18.4. The zero-order chi connectivity index (χ0) is 21.5. The van der Waals surface area contributed by atoms with Gasteiger partial charge < -0.3 is 4.74 Å². The maximum Gasteiger partial charge on any atom is 0.269 e. The number of ketones is 1. The lowest BCUT2D eigenvalue weighted by atomic mass is 10.1. The second kappa shape index (κ2) is 9.67. The molecule has 0 aliphatic carbocycles. The fourth-order valence-electron chi connectivity index (χ4n) is 2.67. The first-order chi connectivity index (χ1) is 14.5. The highest BCUT2D eigenvalue weighted by Gasteiger charge is 2.13. The van der Waals surface area contributed by atoms with Crippen molar-refractivity contribution in [2.75, 3.05) is 12.4 Å². The molecule has 0 spiro atoms. The third kappa shape index (κ3) is 5.01. The van der Waals surface area contributed by atoms with E-state index in [4.69, 9.17) is 4.74 Å². The van der Waals surface area contributed by atoms with Crippen LogP contribution in [0.15, 0.2) is 65.7 Å². The topological polar surface area (TPSA) is 106 Å². The number of aromatic nitrogens is 1. The Morgan fingerprint density at radius 2 is 1.83 bits per heavy atom. The molecule has 0 N–H and O–H groups in total. The molecule has 0 radical (unpaired) electrons. The number of carbonyl (C=O) groups is 1. The molecule has 1 heterocycles. The average molecular weight is 419 g/mol. The van der Waals surface area contributed by atoms with Crippen molar-refractivity contribution in [3.8, 4) is 23.1 Å². The van der Waals surface area contributed by atoms with E-state index in [9.17, 15) is 20.2 Å². The Labute approximate surface area is 177 Å². The molecule has 30 heavy (non-hydrogen) atoms. The summed E-state index contributed by atoms with van der Waals surface area (Å²) in [6.45, 7) is 2.50. The number of nitriles is 1. The molecule has 2 aromatic carbocycles. The highest BCUT2D eigenvalue weighted by atomic mass is 32.2. The van der Waals surface area contributed by atoms with Crippen molar-refractivity contribution in [2.45, 2.75) is 11.9 Å². The molecule has 0 bridgehead atoms. The van der Waals surface area contributed by atoms with E-state index in [0.717, 1.165) is 23.1 Å². The summed E-state index contributed by atoms with van der Waals surface area (Å²) in [5, 5.41) is 20.6. The Morgan fingerprint density at radius 1 is 1.13 bits per heavy atom. The standard InChI is InChI=1S/C22H17N3O4S/c1-2-29-19-10-5-15(6-11-19)20-12-7-17(13-23)22(24-20)30-14-21(26)16-3-8-18(9-4-16)25(27)28/h3-12H,2,14H2,1H3. The molecule has 3 aromatic rings. The Kier molecular flexibility index (Phi) is 6.78. The van der Waals surface area contributed by atoms with Crippen LogP contribution in [0, 0.1) is 21.4 Å². The molecule has 150 valence electrons. The Balaban J connectivity index is 1.76. The number of carbonyl (C=O) groups excluding carboxylic acids is 1. The van der Waals surface area contributed by atoms with Crippen LogP contribution in [0.4, 0.5) is 5.69 Å². The van der Waals surface area contributed by atoms with Crippen LogP contribution >= 0.6 is 11.8 Å². The molecule has 0 unspecified atom stereocenters. The average Bonchev–Trinajstić information content (AvgIpc) is 2.78. The molecule has 8 heteroatoms. The van der Waals surface area contributed by atoms with Crippen molar-refractivity contribution in [3.63, 3.8) is 0 Å². The van der Waals surface area contributed by atoms with E-state index in [1.807, 2.05) is 31.2 Å². The molecule has 0 amide bonds. The summed E-state index contributed by atoms with van der Waals surface area (Å²) in [5.41, 5.74) is 2.23. The van der Waals surface area contributed by atoms with E-state index in [1.165, 1.54) is 24.3 Å². The first-order valence-corrected chi connectivity index (χ1v) is 10.0. The van der Waals surface area contributed by atoms with Crippen molar-refractivity contribution in [2.24, 2.45) is 0 Å². The third-order valence-electron chi connectivity index (χ3n) is 4.18. The number of Topliss-reactive ketones (excluding diaryl/α,β-unsaturated/α-hetero) is 1. The highest BCUT2D eigenvalue weighted by Crippen LogP contribution is 2.27. The summed E-state index contributed by atoms with van der Waals surface area (Å²) < 4.78 is 5.44. The third-order valence-corrected chi connectivity index (χ3v) is 5.17. The van der Waals surface area contributed by atoms with Crippen LogP contribution in [-0.2, 0) is 0 Å². The molecule has 1 aromatic heterocycles. The van der Waals surface area contributed by atoms with Crippen LogP contribution in [0.5, 0.6) is 5.75 Å². The van der Waals surface area contributed by atoms with Crippen molar-refractivity contribution in [3.05, 3.63) is 81.9 Å². The number of non-ortho nitro benzene ring substituents is 1. The number of pyridine rings is 1. The van der Waals surface area contributed by atoms with Gasteiger partial charge in [-0.25, -0.2) is 4.98 Å². The molecule has 0 saturated carbocycles. The number of rotatable bonds is 8. The van der Waals surface area contributed by atoms with Crippen LogP contribution in [0.3, 0.4) is 0 Å². The SMILES string of the molecule is CCOc1ccc(-c2ccc(C#N)c(SCC(=O)c3ccc([N+](=O)[O-])cc3)n2)cc1. The van der Waals surface area contributed by atoms with Crippen molar-refractivity contribution >= 4 is 23.2 Å². The van der Waals surface area contributed by atoms with E-state index in [-0.39, 0.29) is 17.2 Å². The van der Waals surface area contributed by atoms with Gasteiger partial charge in [-0.2, -0.15) is 5.26 Å². The number of nitro groups is 1. The number of hydrogen-bond donors (Lipinski definition) is 0. The van der Waals surface area contributed by atoms with E-state index >= 15 is 0 Å². The van der Waals surface area contributed by atoms with Gasteiger partial charge in [-0.1, -0.05) is 11.8 Å².